The van der Waals surface area contributed by atoms with Crippen LogP contribution in [0.15, 0.2) is 23.2 Å². The highest BCUT2D eigenvalue weighted by Gasteiger charge is 2.17. The number of fused-ring (bicyclic) bond motifs is 1. The quantitative estimate of drug-likeness (QED) is 0.783. The Morgan fingerprint density at radius 1 is 1.27 bits per heavy atom. The number of halogens is 1. The van der Waals surface area contributed by atoms with E-state index in [0.717, 1.165) is 16.6 Å². The van der Waals surface area contributed by atoms with Gasteiger partial charge in [-0.3, -0.25) is 0 Å². The van der Waals surface area contributed by atoms with Gasteiger partial charge in [-0.1, -0.05) is 6.07 Å². The SMILES string of the molecule is Cc1cc(C)c2c(S(=O)(=O)Cl)c[nH]c2c1. The van der Waals surface area contributed by atoms with E-state index < -0.39 is 9.05 Å². The van der Waals surface area contributed by atoms with Gasteiger partial charge in [0.15, 0.2) is 0 Å². The second-order valence-corrected chi connectivity index (χ2v) is 6.13. The molecule has 0 atom stereocenters. The van der Waals surface area contributed by atoms with E-state index in [1.807, 2.05) is 26.0 Å². The van der Waals surface area contributed by atoms with E-state index in [1.54, 1.807) is 0 Å². The lowest BCUT2D eigenvalue weighted by atomic mass is 10.1. The Balaban J connectivity index is 2.93. The molecule has 1 N–H and O–H groups in total. The van der Waals surface area contributed by atoms with Crippen molar-refractivity contribution in [3.63, 3.8) is 0 Å². The van der Waals surface area contributed by atoms with E-state index in [-0.39, 0.29) is 4.90 Å². The van der Waals surface area contributed by atoms with Crippen molar-refractivity contribution in [3.05, 3.63) is 29.5 Å². The Morgan fingerprint density at radius 2 is 1.93 bits per heavy atom. The highest BCUT2D eigenvalue weighted by molar-refractivity contribution is 8.14. The van der Waals surface area contributed by atoms with Crippen LogP contribution in [0.3, 0.4) is 0 Å². The lowest BCUT2D eigenvalue weighted by molar-refractivity contribution is 0.610. The standard InChI is InChI=1S/C10H10ClNO2S/c1-6-3-7(2)10-8(4-6)12-5-9(10)15(11,13)14/h3-5,12H,1-2H3. The minimum absolute atomic E-state index is 0.150. The monoisotopic (exact) mass is 243 g/mol. The third-order valence-electron chi connectivity index (χ3n) is 2.35. The highest BCUT2D eigenvalue weighted by Crippen LogP contribution is 2.29. The van der Waals surface area contributed by atoms with Crippen LogP contribution in [-0.2, 0) is 9.05 Å². The van der Waals surface area contributed by atoms with Gasteiger partial charge in [-0.15, -0.1) is 0 Å². The molecule has 0 fully saturated rings. The molecule has 1 aromatic carbocycles. The molecule has 3 nitrogen and oxygen atoms in total. The first-order chi connectivity index (χ1) is 6.89. The average molecular weight is 244 g/mol. The first-order valence-electron chi connectivity index (χ1n) is 4.42. The molecule has 0 bridgehead atoms. The summed E-state index contributed by atoms with van der Waals surface area (Å²) in [6.07, 6.45) is 1.43. The molecule has 1 aromatic heterocycles. The topological polar surface area (TPSA) is 49.9 Å². The molecule has 0 unspecified atom stereocenters. The summed E-state index contributed by atoms with van der Waals surface area (Å²) in [7, 11) is 1.66. The van der Waals surface area contributed by atoms with Crippen LogP contribution in [0.2, 0.25) is 0 Å². The Morgan fingerprint density at radius 3 is 2.53 bits per heavy atom. The van der Waals surface area contributed by atoms with Crippen LogP contribution in [-0.4, -0.2) is 13.4 Å². The zero-order chi connectivity index (χ0) is 11.2. The highest BCUT2D eigenvalue weighted by atomic mass is 35.7. The normalized spacial score (nSPS) is 12.2. The van der Waals surface area contributed by atoms with Crippen LogP contribution in [0.5, 0.6) is 0 Å². The first kappa shape index (κ1) is 10.5. The molecule has 0 aliphatic rings. The van der Waals surface area contributed by atoms with Crippen LogP contribution in [0, 0.1) is 13.8 Å². The smallest absolute Gasteiger partial charge is 0.263 e. The second kappa shape index (κ2) is 3.25. The number of aromatic amines is 1. The van der Waals surface area contributed by atoms with Crippen LogP contribution < -0.4 is 0 Å². The molecule has 0 saturated carbocycles. The van der Waals surface area contributed by atoms with Crippen molar-refractivity contribution in [1.29, 1.82) is 0 Å². The summed E-state index contributed by atoms with van der Waals surface area (Å²) in [6, 6.07) is 3.83. The van der Waals surface area contributed by atoms with E-state index in [1.165, 1.54) is 6.20 Å². The molecular weight excluding hydrogens is 234 g/mol. The maximum Gasteiger partial charge on any atom is 0.263 e. The Labute approximate surface area is 92.5 Å². The zero-order valence-corrected chi connectivity index (χ0v) is 9.91. The third-order valence-corrected chi connectivity index (χ3v) is 3.69. The van der Waals surface area contributed by atoms with Crippen molar-refractivity contribution in [3.8, 4) is 0 Å². The van der Waals surface area contributed by atoms with Crippen molar-refractivity contribution in [2.24, 2.45) is 0 Å². The number of hydrogen-bond donors (Lipinski definition) is 1. The molecular formula is C10H10ClNO2S. The number of nitrogens with one attached hydrogen (secondary N) is 1. The molecule has 0 amide bonds. The van der Waals surface area contributed by atoms with E-state index in [2.05, 4.69) is 4.98 Å². The fourth-order valence-corrected chi connectivity index (χ4v) is 2.90. The van der Waals surface area contributed by atoms with Gasteiger partial charge in [0.25, 0.3) is 9.05 Å². The molecule has 15 heavy (non-hydrogen) atoms. The van der Waals surface area contributed by atoms with E-state index in [0.29, 0.717) is 5.39 Å². The molecule has 0 spiro atoms. The molecule has 80 valence electrons. The zero-order valence-electron chi connectivity index (χ0n) is 8.33. The number of aromatic nitrogens is 1. The molecule has 2 aromatic rings. The van der Waals surface area contributed by atoms with E-state index in [4.69, 9.17) is 10.7 Å². The lowest BCUT2D eigenvalue weighted by Crippen LogP contribution is -1.89. The van der Waals surface area contributed by atoms with Gasteiger partial charge in [0.05, 0.1) is 0 Å². The van der Waals surface area contributed by atoms with E-state index in [9.17, 15) is 8.42 Å². The number of rotatable bonds is 1. The minimum atomic E-state index is -3.68. The summed E-state index contributed by atoms with van der Waals surface area (Å²) >= 11 is 0. The average Bonchev–Trinajstić information content (AvgIpc) is 2.45. The molecule has 0 aliphatic heterocycles. The van der Waals surface area contributed by atoms with Crippen molar-refractivity contribution in [2.75, 3.05) is 0 Å². The van der Waals surface area contributed by atoms with Gasteiger partial charge in [-0.05, 0) is 31.0 Å². The van der Waals surface area contributed by atoms with Crippen molar-refractivity contribution in [2.45, 2.75) is 18.7 Å². The Hall–Kier alpha value is -1.00. The van der Waals surface area contributed by atoms with Crippen LogP contribution >= 0.6 is 10.7 Å². The number of H-pyrrole nitrogens is 1. The second-order valence-electron chi connectivity index (χ2n) is 3.60. The van der Waals surface area contributed by atoms with Gasteiger partial charge in [0, 0.05) is 27.8 Å². The lowest BCUT2D eigenvalue weighted by Gasteiger charge is -2.00. The molecule has 0 radical (unpaired) electrons. The summed E-state index contributed by atoms with van der Waals surface area (Å²) in [6.45, 7) is 3.83. The summed E-state index contributed by atoms with van der Waals surface area (Å²) in [4.78, 5) is 3.06. The predicted molar refractivity (Wildman–Crippen MR) is 60.8 cm³/mol. The first-order valence-corrected chi connectivity index (χ1v) is 6.73. The largest absolute Gasteiger partial charge is 0.360 e. The van der Waals surface area contributed by atoms with Crippen LogP contribution in [0.4, 0.5) is 0 Å². The van der Waals surface area contributed by atoms with Crippen LogP contribution in [0.1, 0.15) is 11.1 Å². The Bertz CT molecular complexity index is 628. The Kier molecular flexibility index (Phi) is 2.28. The molecule has 2 rings (SSSR count). The summed E-state index contributed by atoms with van der Waals surface area (Å²) < 4.78 is 22.6. The minimum Gasteiger partial charge on any atom is -0.360 e. The van der Waals surface area contributed by atoms with Gasteiger partial charge in [-0.2, -0.15) is 0 Å². The molecule has 5 heteroatoms. The fraction of sp³-hybridized carbons (Fsp3) is 0.200. The summed E-state index contributed by atoms with van der Waals surface area (Å²) in [5.41, 5.74) is 2.79. The van der Waals surface area contributed by atoms with Crippen molar-refractivity contribution < 1.29 is 8.42 Å². The van der Waals surface area contributed by atoms with Gasteiger partial charge in [-0.25, -0.2) is 8.42 Å². The third kappa shape index (κ3) is 1.75. The van der Waals surface area contributed by atoms with Gasteiger partial charge >= 0.3 is 0 Å². The molecule has 0 aliphatic carbocycles. The number of benzene rings is 1. The van der Waals surface area contributed by atoms with Crippen molar-refractivity contribution >= 4 is 30.6 Å². The maximum absolute atomic E-state index is 11.3. The summed E-state index contributed by atoms with van der Waals surface area (Å²) in [5.74, 6) is 0. The van der Waals surface area contributed by atoms with Crippen LogP contribution in [0.25, 0.3) is 10.9 Å². The van der Waals surface area contributed by atoms with Gasteiger partial charge in [0.1, 0.15) is 4.90 Å². The summed E-state index contributed by atoms with van der Waals surface area (Å²) in [5, 5.41) is 0.676. The predicted octanol–water partition coefficient (Wildman–Crippen LogP) is 2.71. The maximum atomic E-state index is 11.3. The van der Waals surface area contributed by atoms with Gasteiger partial charge < -0.3 is 4.98 Å². The van der Waals surface area contributed by atoms with Gasteiger partial charge in [0.2, 0.25) is 0 Å². The molecule has 1 heterocycles. The number of hydrogen-bond acceptors (Lipinski definition) is 2. The fourth-order valence-electron chi connectivity index (χ4n) is 1.82. The van der Waals surface area contributed by atoms with E-state index >= 15 is 0 Å². The van der Waals surface area contributed by atoms with Crippen molar-refractivity contribution in [1.82, 2.24) is 4.98 Å². The number of aryl methyl sites for hydroxylation is 2. The molecule has 0 saturated heterocycles.